The Morgan fingerprint density at radius 2 is 2.06 bits per heavy atom. The molecule has 2 aliphatic rings. The van der Waals surface area contributed by atoms with Gasteiger partial charge in [-0.3, -0.25) is 4.79 Å². The maximum atomic E-state index is 12.3. The van der Waals surface area contributed by atoms with E-state index >= 15 is 0 Å². The minimum Gasteiger partial charge on any atom is -0.337 e. The maximum absolute atomic E-state index is 12.3. The van der Waals surface area contributed by atoms with Crippen molar-refractivity contribution in [3.63, 3.8) is 0 Å². The van der Waals surface area contributed by atoms with Crippen molar-refractivity contribution in [2.45, 2.75) is 32.2 Å². The SMILES string of the molecule is NCc1nc(C(=O)N2CC3CCCCC3C2)cs1. The number of thiazole rings is 1. The van der Waals surface area contributed by atoms with Gasteiger partial charge in [0.1, 0.15) is 10.7 Å². The fraction of sp³-hybridized carbons (Fsp3) is 0.692. The van der Waals surface area contributed by atoms with Crippen LogP contribution < -0.4 is 5.73 Å². The van der Waals surface area contributed by atoms with Crippen LogP contribution in [0, 0.1) is 11.8 Å². The van der Waals surface area contributed by atoms with Gasteiger partial charge in [-0.15, -0.1) is 11.3 Å². The van der Waals surface area contributed by atoms with Crippen molar-refractivity contribution in [3.05, 3.63) is 16.1 Å². The molecule has 1 saturated heterocycles. The Labute approximate surface area is 111 Å². The molecule has 2 unspecified atom stereocenters. The van der Waals surface area contributed by atoms with E-state index in [1.54, 1.807) is 0 Å². The van der Waals surface area contributed by atoms with E-state index in [1.807, 2.05) is 10.3 Å². The van der Waals surface area contributed by atoms with E-state index in [9.17, 15) is 4.79 Å². The molecular weight excluding hydrogens is 246 g/mol. The molecule has 1 aliphatic carbocycles. The molecule has 1 aromatic heterocycles. The molecule has 98 valence electrons. The topological polar surface area (TPSA) is 59.2 Å². The number of aromatic nitrogens is 1. The molecule has 0 bridgehead atoms. The van der Waals surface area contributed by atoms with Gasteiger partial charge < -0.3 is 10.6 Å². The third kappa shape index (κ3) is 2.17. The summed E-state index contributed by atoms with van der Waals surface area (Å²) in [6, 6.07) is 0. The zero-order valence-electron chi connectivity index (χ0n) is 10.5. The van der Waals surface area contributed by atoms with Crippen molar-refractivity contribution in [1.82, 2.24) is 9.88 Å². The number of amides is 1. The van der Waals surface area contributed by atoms with E-state index in [1.165, 1.54) is 37.0 Å². The molecule has 4 nitrogen and oxygen atoms in total. The van der Waals surface area contributed by atoms with E-state index in [-0.39, 0.29) is 5.91 Å². The lowest BCUT2D eigenvalue weighted by atomic mass is 9.82. The lowest BCUT2D eigenvalue weighted by Gasteiger charge is -2.22. The number of carbonyl (C=O) groups excluding carboxylic acids is 1. The van der Waals surface area contributed by atoms with Gasteiger partial charge in [0, 0.05) is 25.0 Å². The smallest absolute Gasteiger partial charge is 0.273 e. The average molecular weight is 265 g/mol. The quantitative estimate of drug-likeness (QED) is 0.888. The van der Waals surface area contributed by atoms with Crippen molar-refractivity contribution in [2.75, 3.05) is 13.1 Å². The third-order valence-corrected chi connectivity index (χ3v) is 5.08. The van der Waals surface area contributed by atoms with Crippen LogP contribution >= 0.6 is 11.3 Å². The van der Waals surface area contributed by atoms with Gasteiger partial charge in [0.25, 0.3) is 5.91 Å². The van der Waals surface area contributed by atoms with Crippen molar-refractivity contribution >= 4 is 17.2 Å². The number of rotatable bonds is 2. The maximum Gasteiger partial charge on any atom is 0.273 e. The van der Waals surface area contributed by atoms with Crippen molar-refractivity contribution < 1.29 is 4.79 Å². The number of carbonyl (C=O) groups is 1. The average Bonchev–Trinajstić information content (AvgIpc) is 3.04. The van der Waals surface area contributed by atoms with Gasteiger partial charge in [-0.2, -0.15) is 0 Å². The third-order valence-electron chi connectivity index (χ3n) is 4.21. The fourth-order valence-electron chi connectivity index (χ4n) is 3.24. The summed E-state index contributed by atoms with van der Waals surface area (Å²) in [4.78, 5) is 18.6. The highest BCUT2D eigenvalue weighted by Crippen LogP contribution is 2.36. The lowest BCUT2D eigenvalue weighted by molar-refractivity contribution is 0.0779. The molecule has 2 fully saturated rings. The molecule has 5 heteroatoms. The minimum atomic E-state index is 0.0975. The molecule has 1 saturated carbocycles. The number of hydrogen-bond acceptors (Lipinski definition) is 4. The summed E-state index contributed by atoms with van der Waals surface area (Å²) in [5.41, 5.74) is 6.12. The van der Waals surface area contributed by atoms with Crippen LogP contribution in [0.1, 0.15) is 41.2 Å². The first-order valence-corrected chi connectivity index (χ1v) is 7.59. The second-order valence-corrected chi connectivity index (χ2v) is 6.29. The molecule has 0 spiro atoms. The molecule has 1 amide bonds. The van der Waals surface area contributed by atoms with Crippen LogP contribution in [-0.2, 0) is 6.54 Å². The predicted molar refractivity (Wildman–Crippen MR) is 71.4 cm³/mol. The molecule has 1 aromatic rings. The predicted octanol–water partition coefficient (Wildman–Crippen LogP) is 1.86. The van der Waals surface area contributed by atoms with Crippen LogP contribution in [0.2, 0.25) is 0 Å². The standard InChI is InChI=1S/C13H19N3OS/c14-5-12-15-11(8-18-12)13(17)16-6-9-3-1-2-4-10(9)7-16/h8-10H,1-7,14H2. The van der Waals surface area contributed by atoms with Gasteiger partial charge in [0.2, 0.25) is 0 Å². The van der Waals surface area contributed by atoms with Gasteiger partial charge in [-0.1, -0.05) is 12.8 Å². The molecular formula is C13H19N3OS. The molecule has 3 rings (SSSR count). The molecule has 0 aromatic carbocycles. The molecule has 2 heterocycles. The number of hydrogen-bond donors (Lipinski definition) is 1. The van der Waals surface area contributed by atoms with Gasteiger partial charge >= 0.3 is 0 Å². The van der Waals surface area contributed by atoms with E-state index in [0.717, 1.165) is 29.9 Å². The summed E-state index contributed by atoms with van der Waals surface area (Å²) >= 11 is 1.48. The Morgan fingerprint density at radius 3 is 2.61 bits per heavy atom. The van der Waals surface area contributed by atoms with Crippen LogP contribution in [0.5, 0.6) is 0 Å². The Balaban J connectivity index is 1.70. The first kappa shape index (κ1) is 12.1. The van der Waals surface area contributed by atoms with Crippen LogP contribution in [-0.4, -0.2) is 28.9 Å². The van der Waals surface area contributed by atoms with Gasteiger partial charge in [-0.05, 0) is 24.7 Å². The largest absolute Gasteiger partial charge is 0.337 e. The summed E-state index contributed by atoms with van der Waals surface area (Å²) in [6.45, 7) is 2.28. The molecule has 1 aliphatic heterocycles. The highest BCUT2D eigenvalue weighted by Gasteiger charge is 2.37. The second kappa shape index (κ2) is 4.97. The molecule has 2 atom stereocenters. The number of likely N-dealkylation sites (tertiary alicyclic amines) is 1. The van der Waals surface area contributed by atoms with E-state index in [2.05, 4.69) is 4.98 Å². The Hall–Kier alpha value is -0.940. The Morgan fingerprint density at radius 1 is 1.39 bits per heavy atom. The minimum absolute atomic E-state index is 0.0975. The second-order valence-electron chi connectivity index (χ2n) is 5.35. The summed E-state index contributed by atoms with van der Waals surface area (Å²) in [6.07, 6.45) is 5.24. The number of fused-ring (bicyclic) bond motifs is 1. The summed E-state index contributed by atoms with van der Waals surface area (Å²) < 4.78 is 0. The van der Waals surface area contributed by atoms with Crippen LogP contribution in [0.25, 0.3) is 0 Å². The number of nitrogens with two attached hydrogens (primary N) is 1. The van der Waals surface area contributed by atoms with E-state index in [0.29, 0.717) is 12.2 Å². The van der Waals surface area contributed by atoms with Crippen molar-refractivity contribution in [2.24, 2.45) is 17.6 Å². The van der Waals surface area contributed by atoms with Gasteiger partial charge in [0.05, 0.1) is 0 Å². The molecule has 2 N–H and O–H groups in total. The summed E-state index contributed by atoms with van der Waals surface area (Å²) in [5.74, 6) is 1.56. The summed E-state index contributed by atoms with van der Waals surface area (Å²) in [7, 11) is 0. The Kier molecular flexibility index (Phi) is 3.35. The first-order chi connectivity index (χ1) is 8.78. The van der Waals surface area contributed by atoms with Crippen LogP contribution in [0.4, 0.5) is 0 Å². The lowest BCUT2D eigenvalue weighted by Crippen LogP contribution is -2.29. The van der Waals surface area contributed by atoms with Gasteiger partial charge in [0.15, 0.2) is 0 Å². The molecule has 0 radical (unpaired) electrons. The van der Waals surface area contributed by atoms with Crippen LogP contribution in [0.15, 0.2) is 5.38 Å². The normalized spacial score (nSPS) is 27.3. The molecule has 18 heavy (non-hydrogen) atoms. The van der Waals surface area contributed by atoms with E-state index in [4.69, 9.17) is 5.73 Å². The van der Waals surface area contributed by atoms with Crippen molar-refractivity contribution in [1.29, 1.82) is 0 Å². The van der Waals surface area contributed by atoms with Crippen molar-refractivity contribution in [3.8, 4) is 0 Å². The van der Waals surface area contributed by atoms with Crippen LogP contribution in [0.3, 0.4) is 0 Å². The highest BCUT2D eigenvalue weighted by atomic mass is 32.1. The fourth-order valence-corrected chi connectivity index (χ4v) is 3.89. The summed E-state index contributed by atoms with van der Waals surface area (Å²) in [5, 5.41) is 2.68. The zero-order valence-corrected chi connectivity index (χ0v) is 11.3. The zero-order chi connectivity index (χ0) is 12.5. The van der Waals surface area contributed by atoms with E-state index < -0.39 is 0 Å². The first-order valence-electron chi connectivity index (χ1n) is 6.71. The Bertz CT molecular complexity index is 431. The monoisotopic (exact) mass is 265 g/mol. The van der Waals surface area contributed by atoms with Gasteiger partial charge in [-0.25, -0.2) is 4.98 Å². The highest BCUT2D eigenvalue weighted by molar-refractivity contribution is 7.09. The number of nitrogens with zero attached hydrogens (tertiary/aromatic N) is 2.